The van der Waals surface area contributed by atoms with Crippen LogP contribution in [0.25, 0.3) is 0 Å². The topological polar surface area (TPSA) is 53.1 Å². The maximum absolute atomic E-state index is 13.4. The van der Waals surface area contributed by atoms with Gasteiger partial charge >= 0.3 is 0 Å². The molecule has 3 saturated heterocycles. The Morgan fingerprint density at radius 1 is 0.852 bits per heavy atom. The van der Waals surface area contributed by atoms with Gasteiger partial charge in [-0.2, -0.15) is 0 Å². The molecular formula is C21H21N3O3. The number of methoxy groups -OCH3 is 1. The molecule has 2 aromatic carbocycles. The van der Waals surface area contributed by atoms with Crippen molar-refractivity contribution in [2.45, 2.75) is 18.5 Å². The Morgan fingerprint density at radius 2 is 1.52 bits per heavy atom. The fraction of sp³-hybridized carbons (Fsp3) is 0.333. The summed E-state index contributed by atoms with van der Waals surface area (Å²) in [7, 11) is 1.64. The lowest BCUT2D eigenvalue weighted by Gasteiger charge is -2.29. The maximum atomic E-state index is 13.4. The molecule has 3 heterocycles. The van der Waals surface area contributed by atoms with E-state index in [2.05, 4.69) is 10.0 Å². The number of hydrazine groups is 1. The standard InChI is InChI=1S/C21H21N3O3/c1-27-16-10-8-14(9-11-16)18-17-19(23-13-5-12-22(18)23)21(26)24(20(17)25)15-6-3-2-4-7-15/h2-4,6-11,17-19H,5,12-13H2,1H3. The van der Waals surface area contributed by atoms with Gasteiger partial charge in [0, 0.05) is 13.1 Å². The Balaban J connectivity index is 1.57. The number of amides is 2. The Labute approximate surface area is 157 Å². The SMILES string of the molecule is COc1ccc(C2C3C(=O)N(c4ccccc4)C(=O)C3N3CCCN23)cc1. The third-order valence-electron chi connectivity index (χ3n) is 5.88. The molecule has 6 nitrogen and oxygen atoms in total. The Kier molecular flexibility index (Phi) is 3.77. The van der Waals surface area contributed by atoms with Crippen LogP contribution in [0, 0.1) is 5.92 Å². The van der Waals surface area contributed by atoms with Crippen molar-refractivity contribution in [1.29, 1.82) is 0 Å². The van der Waals surface area contributed by atoms with E-state index in [0.29, 0.717) is 5.69 Å². The quantitative estimate of drug-likeness (QED) is 0.783. The molecule has 0 aliphatic carbocycles. The number of fused-ring (bicyclic) bond motifs is 3. The van der Waals surface area contributed by atoms with Gasteiger partial charge in [0.2, 0.25) is 5.91 Å². The molecule has 27 heavy (non-hydrogen) atoms. The van der Waals surface area contributed by atoms with E-state index in [1.54, 1.807) is 7.11 Å². The van der Waals surface area contributed by atoms with Crippen molar-refractivity contribution in [2.24, 2.45) is 5.92 Å². The van der Waals surface area contributed by atoms with Gasteiger partial charge in [-0.15, -0.1) is 0 Å². The van der Waals surface area contributed by atoms with E-state index in [1.165, 1.54) is 4.90 Å². The monoisotopic (exact) mass is 363 g/mol. The number of hydrogen-bond donors (Lipinski definition) is 0. The number of imide groups is 1. The molecule has 0 spiro atoms. The number of benzene rings is 2. The third kappa shape index (κ3) is 2.33. The van der Waals surface area contributed by atoms with Gasteiger partial charge in [-0.25, -0.2) is 14.9 Å². The van der Waals surface area contributed by atoms with Gasteiger partial charge in [0.05, 0.1) is 24.8 Å². The fourth-order valence-electron chi connectivity index (χ4n) is 4.75. The van der Waals surface area contributed by atoms with E-state index in [4.69, 9.17) is 4.74 Å². The minimum absolute atomic E-state index is 0.105. The molecule has 5 rings (SSSR count). The zero-order chi connectivity index (χ0) is 18.5. The highest BCUT2D eigenvalue weighted by Gasteiger charge is 2.62. The van der Waals surface area contributed by atoms with Crippen molar-refractivity contribution in [3.63, 3.8) is 0 Å². The molecule has 138 valence electrons. The lowest BCUT2D eigenvalue weighted by molar-refractivity contribution is -0.126. The van der Waals surface area contributed by atoms with E-state index in [9.17, 15) is 9.59 Å². The first kappa shape index (κ1) is 16.5. The van der Waals surface area contributed by atoms with Crippen LogP contribution in [0.1, 0.15) is 18.0 Å². The van der Waals surface area contributed by atoms with Crippen molar-refractivity contribution in [2.75, 3.05) is 25.1 Å². The number of nitrogens with zero attached hydrogens (tertiary/aromatic N) is 3. The Bertz CT molecular complexity index is 883. The largest absolute Gasteiger partial charge is 0.497 e. The molecule has 3 aliphatic heterocycles. The highest BCUT2D eigenvalue weighted by Crippen LogP contribution is 2.48. The summed E-state index contributed by atoms with van der Waals surface area (Å²) in [6.07, 6.45) is 1.00. The molecule has 3 aliphatic rings. The summed E-state index contributed by atoms with van der Waals surface area (Å²) in [5.74, 6) is 0.184. The van der Waals surface area contributed by atoms with Gasteiger partial charge in [0.25, 0.3) is 5.91 Å². The van der Waals surface area contributed by atoms with Gasteiger partial charge in [-0.1, -0.05) is 30.3 Å². The first-order chi connectivity index (χ1) is 13.2. The number of carbonyl (C=O) groups is 2. The van der Waals surface area contributed by atoms with Crippen LogP contribution >= 0.6 is 0 Å². The molecule has 0 N–H and O–H groups in total. The van der Waals surface area contributed by atoms with E-state index >= 15 is 0 Å². The van der Waals surface area contributed by atoms with Crippen LogP contribution < -0.4 is 9.64 Å². The summed E-state index contributed by atoms with van der Waals surface area (Å²) < 4.78 is 5.26. The minimum atomic E-state index is -0.410. The van der Waals surface area contributed by atoms with Crippen molar-refractivity contribution in [1.82, 2.24) is 10.0 Å². The molecule has 3 atom stereocenters. The molecule has 0 radical (unpaired) electrons. The Hall–Kier alpha value is -2.70. The van der Waals surface area contributed by atoms with Gasteiger partial charge in [0.15, 0.2) is 0 Å². The smallest absolute Gasteiger partial charge is 0.253 e. The summed E-state index contributed by atoms with van der Waals surface area (Å²) in [6.45, 7) is 1.69. The molecule has 0 saturated carbocycles. The number of carbonyl (C=O) groups excluding carboxylic acids is 2. The minimum Gasteiger partial charge on any atom is -0.497 e. The van der Waals surface area contributed by atoms with E-state index < -0.39 is 6.04 Å². The van der Waals surface area contributed by atoms with Crippen molar-refractivity contribution >= 4 is 17.5 Å². The predicted octanol–water partition coefficient (Wildman–Crippen LogP) is 2.23. The summed E-state index contributed by atoms with van der Waals surface area (Å²) in [5, 5.41) is 4.33. The number of anilines is 1. The molecule has 3 fully saturated rings. The van der Waals surface area contributed by atoms with Crippen molar-refractivity contribution in [3.05, 3.63) is 60.2 Å². The number of hydrogen-bond acceptors (Lipinski definition) is 5. The summed E-state index contributed by atoms with van der Waals surface area (Å²) in [4.78, 5) is 28.0. The first-order valence-corrected chi connectivity index (χ1v) is 9.31. The first-order valence-electron chi connectivity index (χ1n) is 9.31. The molecule has 3 unspecified atom stereocenters. The zero-order valence-corrected chi connectivity index (χ0v) is 15.1. The molecule has 0 bridgehead atoms. The normalized spacial score (nSPS) is 27.9. The van der Waals surface area contributed by atoms with Gasteiger partial charge in [-0.3, -0.25) is 9.59 Å². The number of rotatable bonds is 3. The molecule has 0 aromatic heterocycles. The fourth-order valence-corrected chi connectivity index (χ4v) is 4.75. The maximum Gasteiger partial charge on any atom is 0.253 e. The predicted molar refractivity (Wildman–Crippen MR) is 100.0 cm³/mol. The van der Waals surface area contributed by atoms with Crippen LogP contribution in [-0.2, 0) is 9.59 Å². The number of ether oxygens (including phenoxy) is 1. The molecular weight excluding hydrogens is 342 g/mol. The molecule has 6 heteroatoms. The second kappa shape index (κ2) is 6.18. The van der Waals surface area contributed by atoms with Crippen LogP contribution in [0.4, 0.5) is 5.69 Å². The summed E-state index contributed by atoms with van der Waals surface area (Å²) in [5.41, 5.74) is 1.70. The van der Waals surface area contributed by atoms with E-state index in [1.807, 2.05) is 54.6 Å². The van der Waals surface area contributed by atoms with Crippen LogP contribution in [0.15, 0.2) is 54.6 Å². The van der Waals surface area contributed by atoms with E-state index in [0.717, 1.165) is 30.8 Å². The molecule has 2 aromatic rings. The van der Waals surface area contributed by atoms with Gasteiger partial charge in [-0.05, 0) is 36.2 Å². The number of para-hydroxylation sites is 1. The second-order valence-corrected chi connectivity index (χ2v) is 7.22. The van der Waals surface area contributed by atoms with Crippen molar-refractivity contribution < 1.29 is 14.3 Å². The highest BCUT2D eigenvalue weighted by atomic mass is 16.5. The Morgan fingerprint density at radius 3 is 2.19 bits per heavy atom. The average Bonchev–Trinajstić information content (AvgIpc) is 3.35. The summed E-state index contributed by atoms with van der Waals surface area (Å²) >= 11 is 0. The van der Waals surface area contributed by atoms with Gasteiger partial charge < -0.3 is 4.74 Å². The average molecular weight is 363 g/mol. The lowest BCUT2D eigenvalue weighted by Crippen LogP contribution is -2.44. The lowest BCUT2D eigenvalue weighted by atomic mass is 9.90. The van der Waals surface area contributed by atoms with Crippen LogP contribution in [-0.4, -0.2) is 48.1 Å². The highest BCUT2D eigenvalue weighted by molar-refractivity contribution is 6.24. The third-order valence-corrected chi connectivity index (χ3v) is 5.88. The molecule has 2 amide bonds. The van der Waals surface area contributed by atoms with Crippen molar-refractivity contribution in [3.8, 4) is 5.75 Å². The van der Waals surface area contributed by atoms with Crippen LogP contribution in [0.3, 0.4) is 0 Å². The van der Waals surface area contributed by atoms with E-state index in [-0.39, 0.29) is 23.8 Å². The van der Waals surface area contributed by atoms with Crippen LogP contribution in [0.5, 0.6) is 5.75 Å². The van der Waals surface area contributed by atoms with Crippen LogP contribution in [0.2, 0.25) is 0 Å². The second-order valence-electron chi connectivity index (χ2n) is 7.22. The summed E-state index contributed by atoms with van der Waals surface area (Å²) in [6, 6.07) is 16.6. The zero-order valence-electron chi connectivity index (χ0n) is 15.1. The van der Waals surface area contributed by atoms with Gasteiger partial charge in [0.1, 0.15) is 11.8 Å².